The van der Waals surface area contributed by atoms with Crippen LogP contribution in [0.5, 0.6) is 5.75 Å². The van der Waals surface area contributed by atoms with Crippen molar-refractivity contribution in [2.24, 2.45) is 7.05 Å². The molecule has 0 unspecified atom stereocenters. The highest BCUT2D eigenvalue weighted by Crippen LogP contribution is 2.31. The molecule has 5 aromatic rings. The first-order valence-corrected chi connectivity index (χ1v) is 9.50. The third-order valence-corrected chi connectivity index (χ3v) is 5.35. The molecule has 0 saturated carbocycles. The van der Waals surface area contributed by atoms with Gasteiger partial charge in [-0.05, 0) is 30.7 Å². The molecule has 0 aliphatic heterocycles. The predicted molar refractivity (Wildman–Crippen MR) is 112 cm³/mol. The molecule has 0 bridgehead atoms. The van der Waals surface area contributed by atoms with Gasteiger partial charge in [0.05, 0.1) is 15.9 Å². The van der Waals surface area contributed by atoms with Crippen LogP contribution in [-0.2, 0) is 13.7 Å². The van der Waals surface area contributed by atoms with Gasteiger partial charge in [-0.15, -0.1) is 10.2 Å². The van der Waals surface area contributed by atoms with E-state index in [1.807, 2.05) is 19.1 Å². The first kappa shape index (κ1) is 18.4. The standard InChI is InChI=1S/C21H15ClN4O4/c1-11-7-19(27)30-16-9-17(14(22)8-13(11)16)29-10-18-23-24-21-25(2)20(28)12-5-3-4-6-15(12)26(18)21/h3-9H,10H2,1-2H3. The summed E-state index contributed by atoms with van der Waals surface area (Å²) in [7, 11) is 1.65. The number of nitrogens with zero attached hydrogens (tertiary/aromatic N) is 4. The summed E-state index contributed by atoms with van der Waals surface area (Å²) in [4.78, 5) is 24.2. The molecular formula is C21H15ClN4O4. The zero-order valence-electron chi connectivity index (χ0n) is 16.0. The lowest BCUT2D eigenvalue weighted by molar-refractivity contribution is 0.295. The number of aromatic nitrogens is 4. The second-order valence-electron chi connectivity index (χ2n) is 6.95. The van der Waals surface area contributed by atoms with E-state index in [9.17, 15) is 9.59 Å². The molecule has 0 radical (unpaired) electrons. The minimum Gasteiger partial charge on any atom is -0.484 e. The topological polar surface area (TPSA) is 91.6 Å². The number of rotatable bonds is 3. The first-order chi connectivity index (χ1) is 14.4. The average Bonchev–Trinajstić information content (AvgIpc) is 3.15. The summed E-state index contributed by atoms with van der Waals surface area (Å²) in [5, 5.41) is 10.0. The maximum absolute atomic E-state index is 12.6. The van der Waals surface area contributed by atoms with E-state index in [-0.39, 0.29) is 12.2 Å². The van der Waals surface area contributed by atoms with Gasteiger partial charge in [0.25, 0.3) is 5.56 Å². The van der Waals surface area contributed by atoms with E-state index >= 15 is 0 Å². The molecule has 0 atom stereocenters. The molecule has 150 valence electrons. The third-order valence-electron chi connectivity index (χ3n) is 5.05. The molecule has 0 spiro atoms. The van der Waals surface area contributed by atoms with Crippen molar-refractivity contribution in [2.75, 3.05) is 0 Å². The maximum atomic E-state index is 12.6. The molecule has 0 aliphatic rings. The minimum absolute atomic E-state index is 0.0463. The van der Waals surface area contributed by atoms with E-state index in [4.69, 9.17) is 20.8 Å². The summed E-state index contributed by atoms with van der Waals surface area (Å²) >= 11 is 6.38. The predicted octanol–water partition coefficient (Wildman–Crippen LogP) is 3.23. The molecule has 2 aromatic carbocycles. The van der Waals surface area contributed by atoms with Gasteiger partial charge in [-0.2, -0.15) is 0 Å². The van der Waals surface area contributed by atoms with Gasteiger partial charge in [-0.25, -0.2) is 4.79 Å². The van der Waals surface area contributed by atoms with Crippen molar-refractivity contribution in [1.29, 1.82) is 0 Å². The molecule has 9 heteroatoms. The van der Waals surface area contributed by atoms with Crippen molar-refractivity contribution in [3.05, 3.63) is 79.6 Å². The number of hydrogen-bond donors (Lipinski definition) is 0. The lowest BCUT2D eigenvalue weighted by Gasteiger charge is -2.10. The average molecular weight is 423 g/mol. The van der Waals surface area contributed by atoms with Crippen molar-refractivity contribution in [3.63, 3.8) is 0 Å². The molecule has 3 heterocycles. The molecule has 0 saturated heterocycles. The Balaban J connectivity index is 1.60. The Morgan fingerprint density at radius 1 is 1.10 bits per heavy atom. The Morgan fingerprint density at radius 3 is 2.73 bits per heavy atom. The maximum Gasteiger partial charge on any atom is 0.336 e. The van der Waals surface area contributed by atoms with Crippen molar-refractivity contribution < 1.29 is 9.15 Å². The van der Waals surface area contributed by atoms with Crippen LogP contribution in [0.3, 0.4) is 0 Å². The third kappa shape index (κ3) is 2.76. The van der Waals surface area contributed by atoms with Crippen molar-refractivity contribution in [1.82, 2.24) is 19.2 Å². The Labute approximate surface area is 173 Å². The number of para-hydroxylation sites is 1. The lowest BCUT2D eigenvalue weighted by atomic mass is 10.1. The normalized spacial score (nSPS) is 11.6. The van der Waals surface area contributed by atoms with Gasteiger partial charge < -0.3 is 9.15 Å². The highest BCUT2D eigenvalue weighted by Gasteiger charge is 2.16. The van der Waals surface area contributed by atoms with Crippen LogP contribution in [0.15, 0.2) is 56.5 Å². The summed E-state index contributed by atoms with van der Waals surface area (Å²) in [6.07, 6.45) is 0. The fraction of sp³-hybridized carbons (Fsp3) is 0.143. The number of fused-ring (bicyclic) bond motifs is 4. The summed E-state index contributed by atoms with van der Waals surface area (Å²) in [5.41, 5.74) is 1.25. The molecule has 5 rings (SSSR count). The second-order valence-corrected chi connectivity index (χ2v) is 7.36. The van der Waals surface area contributed by atoms with Gasteiger partial charge in [-0.3, -0.25) is 13.8 Å². The van der Waals surface area contributed by atoms with E-state index < -0.39 is 5.63 Å². The van der Waals surface area contributed by atoms with Crippen LogP contribution in [0.4, 0.5) is 0 Å². The fourth-order valence-electron chi connectivity index (χ4n) is 3.56. The highest BCUT2D eigenvalue weighted by molar-refractivity contribution is 6.32. The number of aryl methyl sites for hydroxylation is 2. The van der Waals surface area contributed by atoms with E-state index in [0.29, 0.717) is 38.9 Å². The Hall–Kier alpha value is -3.65. The van der Waals surface area contributed by atoms with E-state index in [1.165, 1.54) is 10.6 Å². The molecule has 8 nitrogen and oxygen atoms in total. The quantitative estimate of drug-likeness (QED) is 0.414. The number of benzene rings is 2. The number of ether oxygens (including phenoxy) is 1. The van der Waals surface area contributed by atoms with Crippen molar-refractivity contribution in [2.45, 2.75) is 13.5 Å². The molecular weight excluding hydrogens is 408 g/mol. The smallest absolute Gasteiger partial charge is 0.336 e. The molecule has 30 heavy (non-hydrogen) atoms. The Morgan fingerprint density at radius 2 is 1.90 bits per heavy atom. The molecule has 0 N–H and O–H groups in total. The van der Waals surface area contributed by atoms with Crippen LogP contribution < -0.4 is 15.9 Å². The van der Waals surface area contributed by atoms with Crippen LogP contribution in [-0.4, -0.2) is 19.2 Å². The van der Waals surface area contributed by atoms with Gasteiger partial charge in [0, 0.05) is 24.6 Å². The fourth-order valence-corrected chi connectivity index (χ4v) is 3.78. The lowest BCUT2D eigenvalue weighted by Crippen LogP contribution is -2.20. The largest absolute Gasteiger partial charge is 0.484 e. The summed E-state index contributed by atoms with van der Waals surface area (Å²) < 4.78 is 14.4. The SMILES string of the molecule is Cc1cc(=O)oc2cc(OCc3nnc4n(C)c(=O)c5ccccc5n34)c(Cl)cc12. The van der Waals surface area contributed by atoms with Gasteiger partial charge in [-0.1, -0.05) is 23.7 Å². The van der Waals surface area contributed by atoms with Gasteiger partial charge in [0.1, 0.15) is 17.9 Å². The van der Waals surface area contributed by atoms with Crippen LogP contribution >= 0.6 is 11.6 Å². The van der Waals surface area contributed by atoms with Crippen molar-refractivity contribution in [3.8, 4) is 5.75 Å². The van der Waals surface area contributed by atoms with E-state index in [2.05, 4.69) is 10.2 Å². The second kappa shape index (κ2) is 6.70. The van der Waals surface area contributed by atoms with Gasteiger partial charge in [0.2, 0.25) is 5.78 Å². The Bertz CT molecular complexity index is 1580. The van der Waals surface area contributed by atoms with E-state index in [0.717, 1.165) is 10.9 Å². The zero-order valence-corrected chi connectivity index (χ0v) is 16.8. The molecule has 0 amide bonds. The van der Waals surface area contributed by atoms with E-state index in [1.54, 1.807) is 35.7 Å². The Kier molecular flexibility index (Phi) is 4.11. The van der Waals surface area contributed by atoms with Gasteiger partial charge in [0.15, 0.2) is 5.82 Å². The van der Waals surface area contributed by atoms with Crippen LogP contribution in [0.1, 0.15) is 11.4 Å². The van der Waals surface area contributed by atoms with Crippen LogP contribution in [0, 0.1) is 6.92 Å². The number of halogens is 1. The minimum atomic E-state index is -0.441. The van der Waals surface area contributed by atoms with Crippen LogP contribution in [0.25, 0.3) is 27.6 Å². The van der Waals surface area contributed by atoms with Gasteiger partial charge >= 0.3 is 5.63 Å². The summed E-state index contributed by atoms with van der Waals surface area (Å²) in [6, 6.07) is 11.9. The zero-order chi connectivity index (χ0) is 21.0. The van der Waals surface area contributed by atoms with Crippen molar-refractivity contribution >= 4 is 39.3 Å². The van der Waals surface area contributed by atoms with Crippen LogP contribution in [0.2, 0.25) is 5.02 Å². The highest BCUT2D eigenvalue weighted by atomic mass is 35.5. The first-order valence-electron chi connectivity index (χ1n) is 9.12. The summed E-state index contributed by atoms with van der Waals surface area (Å²) in [5.74, 6) is 1.26. The summed E-state index contributed by atoms with van der Waals surface area (Å²) in [6.45, 7) is 1.86. The number of hydrogen-bond acceptors (Lipinski definition) is 6. The molecule has 0 aliphatic carbocycles. The molecule has 0 fully saturated rings. The monoisotopic (exact) mass is 422 g/mol. The molecule has 3 aromatic heterocycles.